The van der Waals surface area contributed by atoms with Gasteiger partial charge in [0.1, 0.15) is 5.54 Å². The second-order valence-corrected chi connectivity index (χ2v) is 6.74. The zero-order chi connectivity index (χ0) is 14.2. The zero-order valence-corrected chi connectivity index (χ0v) is 12.6. The van der Waals surface area contributed by atoms with Gasteiger partial charge in [-0.2, -0.15) is 0 Å². The molecule has 2 aliphatic carbocycles. The van der Waals surface area contributed by atoms with Crippen molar-refractivity contribution < 1.29 is 4.79 Å². The highest BCUT2D eigenvalue weighted by atomic mass is 16.1. The van der Waals surface area contributed by atoms with Crippen LogP contribution in [0.4, 0.5) is 0 Å². The Morgan fingerprint density at radius 3 is 2.20 bits per heavy atom. The number of piperazine rings is 1. The predicted molar refractivity (Wildman–Crippen MR) is 79.4 cm³/mol. The van der Waals surface area contributed by atoms with Crippen molar-refractivity contribution in [2.75, 3.05) is 39.3 Å². The lowest BCUT2D eigenvalue weighted by Gasteiger charge is -2.41. The maximum absolute atomic E-state index is 12.2. The van der Waals surface area contributed by atoms with E-state index in [0.717, 1.165) is 52.1 Å². The summed E-state index contributed by atoms with van der Waals surface area (Å²) in [5.41, 5.74) is 5.36. The topological polar surface area (TPSA) is 61.6 Å². The SMILES string of the molecule is CCN1CCN(CC(NC2CC2)(C(N)=O)C2CC2)CC1. The quantitative estimate of drug-likeness (QED) is 0.690. The maximum Gasteiger partial charge on any atom is 0.239 e. The van der Waals surface area contributed by atoms with E-state index in [-0.39, 0.29) is 5.91 Å². The van der Waals surface area contributed by atoms with Crippen molar-refractivity contribution in [1.29, 1.82) is 0 Å². The van der Waals surface area contributed by atoms with E-state index in [9.17, 15) is 4.79 Å². The first-order valence-electron chi connectivity index (χ1n) is 8.16. The highest BCUT2D eigenvalue weighted by molar-refractivity contribution is 5.86. The Kier molecular flexibility index (Phi) is 4.02. The van der Waals surface area contributed by atoms with Gasteiger partial charge in [-0.25, -0.2) is 0 Å². The Balaban J connectivity index is 1.65. The molecule has 1 aliphatic heterocycles. The van der Waals surface area contributed by atoms with Crippen LogP contribution < -0.4 is 11.1 Å². The summed E-state index contributed by atoms with van der Waals surface area (Å²) in [4.78, 5) is 17.1. The average Bonchev–Trinajstić information content (AvgIpc) is 3.31. The lowest BCUT2D eigenvalue weighted by molar-refractivity contribution is -0.126. The summed E-state index contributed by atoms with van der Waals surface area (Å²) in [5.74, 6) is 0.328. The molecule has 3 rings (SSSR count). The highest BCUT2D eigenvalue weighted by Gasteiger charge is 2.52. The molecule has 20 heavy (non-hydrogen) atoms. The normalized spacial score (nSPS) is 28.2. The number of hydrogen-bond donors (Lipinski definition) is 2. The molecule has 5 nitrogen and oxygen atoms in total. The van der Waals surface area contributed by atoms with Gasteiger partial charge in [-0.3, -0.25) is 15.0 Å². The van der Waals surface area contributed by atoms with E-state index < -0.39 is 5.54 Å². The minimum atomic E-state index is -0.463. The van der Waals surface area contributed by atoms with Gasteiger partial charge in [-0.1, -0.05) is 6.92 Å². The third-order valence-electron chi connectivity index (χ3n) is 5.14. The third kappa shape index (κ3) is 3.00. The summed E-state index contributed by atoms with van der Waals surface area (Å²) >= 11 is 0. The fourth-order valence-electron chi connectivity index (χ4n) is 3.43. The number of carbonyl (C=O) groups excluding carboxylic acids is 1. The molecule has 3 aliphatic rings. The number of nitrogens with one attached hydrogen (secondary N) is 1. The molecule has 1 amide bonds. The van der Waals surface area contributed by atoms with E-state index >= 15 is 0 Å². The molecule has 1 heterocycles. The van der Waals surface area contributed by atoms with Crippen molar-refractivity contribution in [1.82, 2.24) is 15.1 Å². The van der Waals surface area contributed by atoms with Crippen LogP contribution in [0.25, 0.3) is 0 Å². The van der Waals surface area contributed by atoms with Crippen molar-refractivity contribution in [2.24, 2.45) is 11.7 Å². The molecule has 0 spiro atoms. The molecule has 0 radical (unpaired) electrons. The first kappa shape index (κ1) is 14.3. The summed E-state index contributed by atoms with van der Waals surface area (Å²) < 4.78 is 0. The molecule has 1 saturated heterocycles. The number of hydrogen-bond acceptors (Lipinski definition) is 4. The van der Waals surface area contributed by atoms with Gasteiger partial charge in [0.15, 0.2) is 0 Å². The zero-order valence-electron chi connectivity index (χ0n) is 12.6. The smallest absolute Gasteiger partial charge is 0.239 e. The Hall–Kier alpha value is -0.650. The second-order valence-electron chi connectivity index (χ2n) is 6.74. The molecule has 0 bridgehead atoms. The number of nitrogens with zero attached hydrogens (tertiary/aromatic N) is 2. The summed E-state index contributed by atoms with van der Waals surface area (Å²) in [6.45, 7) is 8.48. The van der Waals surface area contributed by atoms with Gasteiger partial charge in [0.2, 0.25) is 5.91 Å². The van der Waals surface area contributed by atoms with Gasteiger partial charge in [-0.05, 0) is 38.1 Å². The molecule has 5 heteroatoms. The maximum atomic E-state index is 12.2. The van der Waals surface area contributed by atoms with Crippen LogP contribution in [0.2, 0.25) is 0 Å². The van der Waals surface area contributed by atoms with Gasteiger partial charge >= 0.3 is 0 Å². The van der Waals surface area contributed by atoms with E-state index in [2.05, 4.69) is 22.0 Å². The van der Waals surface area contributed by atoms with E-state index in [0.29, 0.717) is 12.0 Å². The van der Waals surface area contributed by atoms with Gasteiger partial charge < -0.3 is 10.6 Å². The number of amides is 1. The fraction of sp³-hybridized carbons (Fsp3) is 0.933. The van der Waals surface area contributed by atoms with E-state index in [1.807, 2.05) is 0 Å². The van der Waals surface area contributed by atoms with Gasteiger partial charge in [0.25, 0.3) is 0 Å². The standard InChI is InChI=1S/C15H28N4O/c1-2-18-7-9-19(10-8-18)11-15(14(16)20,12-3-4-12)17-13-5-6-13/h12-13,17H,2-11H2,1H3,(H2,16,20). The molecule has 1 atom stereocenters. The number of rotatable bonds is 7. The monoisotopic (exact) mass is 280 g/mol. The number of likely N-dealkylation sites (N-methyl/N-ethyl adjacent to an activating group) is 1. The molecular weight excluding hydrogens is 252 g/mol. The summed E-state index contributed by atoms with van der Waals surface area (Å²) in [6.07, 6.45) is 4.70. The van der Waals surface area contributed by atoms with Crippen molar-refractivity contribution >= 4 is 5.91 Å². The molecule has 114 valence electrons. The molecule has 3 N–H and O–H groups in total. The lowest BCUT2D eigenvalue weighted by atomic mass is 9.90. The highest BCUT2D eigenvalue weighted by Crippen LogP contribution is 2.42. The van der Waals surface area contributed by atoms with Crippen LogP contribution in [0.5, 0.6) is 0 Å². The second kappa shape index (κ2) is 5.62. The Morgan fingerprint density at radius 1 is 1.15 bits per heavy atom. The van der Waals surface area contributed by atoms with Crippen LogP contribution in [-0.4, -0.2) is 66.6 Å². The number of nitrogens with two attached hydrogens (primary N) is 1. The molecule has 2 saturated carbocycles. The van der Waals surface area contributed by atoms with Crippen molar-refractivity contribution in [3.05, 3.63) is 0 Å². The summed E-state index contributed by atoms with van der Waals surface area (Å²) in [7, 11) is 0. The summed E-state index contributed by atoms with van der Waals surface area (Å²) in [6, 6.07) is 0.528. The van der Waals surface area contributed by atoms with E-state index in [4.69, 9.17) is 5.73 Å². The van der Waals surface area contributed by atoms with Gasteiger partial charge in [0.05, 0.1) is 0 Å². The van der Waals surface area contributed by atoms with Crippen molar-refractivity contribution in [3.8, 4) is 0 Å². The third-order valence-corrected chi connectivity index (χ3v) is 5.14. The first-order chi connectivity index (χ1) is 9.64. The Labute approximate surface area is 121 Å². The number of primary amides is 1. The largest absolute Gasteiger partial charge is 0.368 e. The molecular formula is C15H28N4O. The summed E-state index contributed by atoms with van der Waals surface area (Å²) in [5, 5.41) is 3.61. The molecule has 0 aromatic rings. The van der Waals surface area contributed by atoms with E-state index in [1.165, 1.54) is 12.8 Å². The van der Waals surface area contributed by atoms with Crippen molar-refractivity contribution in [2.45, 2.75) is 44.2 Å². The van der Waals surface area contributed by atoms with Crippen LogP contribution >= 0.6 is 0 Å². The minimum absolute atomic E-state index is 0.134. The Morgan fingerprint density at radius 2 is 1.75 bits per heavy atom. The number of carbonyl (C=O) groups is 1. The van der Waals surface area contributed by atoms with Crippen LogP contribution in [0.15, 0.2) is 0 Å². The molecule has 0 aromatic carbocycles. The molecule has 3 fully saturated rings. The van der Waals surface area contributed by atoms with Gasteiger partial charge in [-0.15, -0.1) is 0 Å². The van der Waals surface area contributed by atoms with Crippen LogP contribution in [0.3, 0.4) is 0 Å². The lowest BCUT2D eigenvalue weighted by Crippen LogP contribution is -2.65. The van der Waals surface area contributed by atoms with Crippen LogP contribution in [0, 0.1) is 5.92 Å². The minimum Gasteiger partial charge on any atom is -0.368 e. The molecule has 1 unspecified atom stereocenters. The molecule has 0 aromatic heterocycles. The van der Waals surface area contributed by atoms with Gasteiger partial charge in [0, 0.05) is 38.8 Å². The fourth-order valence-corrected chi connectivity index (χ4v) is 3.43. The van der Waals surface area contributed by atoms with Crippen LogP contribution in [0.1, 0.15) is 32.6 Å². The first-order valence-corrected chi connectivity index (χ1v) is 8.16. The Bertz CT molecular complexity index is 359. The van der Waals surface area contributed by atoms with Crippen molar-refractivity contribution in [3.63, 3.8) is 0 Å². The predicted octanol–water partition coefficient (Wildman–Crippen LogP) is 0.0100. The average molecular weight is 280 g/mol. The van der Waals surface area contributed by atoms with E-state index in [1.54, 1.807) is 0 Å². The van der Waals surface area contributed by atoms with Crippen LogP contribution in [-0.2, 0) is 4.79 Å².